The highest BCUT2D eigenvalue weighted by molar-refractivity contribution is 6.30. The Balaban J connectivity index is 2.35. The van der Waals surface area contributed by atoms with Gasteiger partial charge in [-0.3, -0.25) is 0 Å². The van der Waals surface area contributed by atoms with Crippen molar-refractivity contribution in [3.63, 3.8) is 0 Å². The highest BCUT2D eigenvalue weighted by Crippen LogP contribution is 2.27. The molecule has 0 spiro atoms. The van der Waals surface area contributed by atoms with Gasteiger partial charge in [0.05, 0.1) is 6.04 Å². The van der Waals surface area contributed by atoms with Crippen LogP contribution in [-0.4, -0.2) is 12.3 Å². The number of carbonyl (C=O) groups excluding carboxylic acids is 1. The quantitative estimate of drug-likeness (QED) is 0.671. The molecule has 0 saturated heterocycles. The summed E-state index contributed by atoms with van der Waals surface area (Å²) in [7, 11) is 0. The average molecular weight is 182 g/mol. The molecule has 0 amide bonds. The Morgan fingerprint density at radius 1 is 1.58 bits per heavy atom. The summed E-state index contributed by atoms with van der Waals surface area (Å²) < 4.78 is 0. The molecular weight excluding hydrogens is 174 g/mol. The molecule has 2 rings (SSSR count). The van der Waals surface area contributed by atoms with Crippen LogP contribution in [0.2, 0.25) is 5.02 Å². The van der Waals surface area contributed by atoms with Gasteiger partial charge in [-0.2, -0.15) is 0 Å². The maximum Gasteiger partial charge on any atom is 0.142 e. The molecule has 0 saturated carbocycles. The van der Waals surface area contributed by atoms with Crippen LogP contribution in [-0.2, 0) is 11.2 Å². The fourth-order valence-electron chi connectivity index (χ4n) is 1.43. The molecule has 0 bridgehead atoms. The lowest BCUT2D eigenvalue weighted by molar-refractivity contribution is -0.108. The van der Waals surface area contributed by atoms with Gasteiger partial charge in [-0.25, -0.2) is 0 Å². The van der Waals surface area contributed by atoms with Gasteiger partial charge in [0.1, 0.15) is 6.29 Å². The zero-order valence-corrected chi connectivity index (χ0v) is 7.14. The fourth-order valence-corrected chi connectivity index (χ4v) is 1.60. The third-order valence-electron chi connectivity index (χ3n) is 2.02. The molecule has 1 heterocycles. The number of nitrogens with one attached hydrogen (secondary N) is 1. The van der Waals surface area contributed by atoms with Crippen LogP contribution in [0.5, 0.6) is 0 Å². The van der Waals surface area contributed by atoms with Crippen molar-refractivity contribution in [2.45, 2.75) is 12.5 Å². The SMILES string of the molecule is O=CC1Cc2ccc(Cl)cc2N1. The molecular formula is C9H8ClNO. The zero-order chi connectivity index (χ0) is 8.55. The molecule has 0 fully saturated rings. The Morgan fingerprint density at radius 2 is 2.42 bits per heavy atom. The predicted octanol–water partition coefficient (Wildman–Crippen LogP) is 1.88. The van der Waals surface area contributed by atoms with Gasteiger partial charge in [0.2, 0.25) is 0 Å². The number of anilines is 1. The predicted molar refractivity (Wildman–Crippen MR) is 48.6 cm³/mol. The van der Waals surface area contributed by atoms with Crippen LogP contribution < -0.4 is 5.32 Å². The Labute approximate surface area is 75.5 Å². The Kier molecular flexibility index (Phi) is 1.77. The van der Waals surface area contributed by atoms with Crippen LogP contribution >= 0.6 is 11.6 Å². The molecule has 62 valence electrons. The van der Waals surface area contributed by atoms with E-state index < -0.39 is 0 Å². The minimum Gasteiger partial charge on any atom is -0.375 e. The third kappa shape index (κ3) is 1.18. The second-order valence-electron chi connectivity index (χ2n) is 2.89. The van der Waals surface area contributed by atoms with Gasteiger partial charge in [0, 0.05) is 17.1 Å². The van der Waals surface area contributed by atoms with Crippen molar-refractivity contribution in [1.82, 2.24) is 0 Å². The van der Waals surface area contributed by atoms with Crippen LogP contribution in [0, 0.1) is 0 Å². The molecule has 1 aromatic carbocycles. The van der Waals surface area contributed by atoms with Crippen molar-refractivity contribution in [2.24, 2.45) is 0 Å². The van der Waals surface area contributed by atoms with E-state index in [-0.39, 0.29) is 6.04 Å². The molecule has 1 aromatic rings. The van der Waals surface area contributed by atoms with E-state index in [0.29, 0.717) is 5.02 Å². The molecule has 1 aliphatic heterocycles. The van der Waals surface area contributed by atoms with Crippen molar-refractivity contribution >= 4 is 23.6 Å². The first-order valence-electron chi connectivity index (χ1n) is 3.80. The minimum absolute atomic E-state index is 0.0709. The number of hydrogen-bond acceptors (Lipinski definition) is 2. The monoisotopic (exact) mass is 181 g/mol. The molecule has 1 unspecified atom stereocenters. The van der Waals surface area contributed by atoms with E-state index in [9.17, 15) is 4.79 Å². The van der Waals surface area contributed by atoms with Crippen molar-refractivity contribution in [2.75, 3.05) is 5.32 Å². The topological polar surface area (TPSA) is 29.1 Å². The van der Waals surface area contributed by atoms with E-state index in [1.165, 1.54) is 0 Å². The van der Waals surface area contributed by atoms with Gasteiger partial charge in [-0.1, -0.05) is 17.7 Å². The highest BCUT2D eigenvalue weighted by Gasteiger charge is 2.19. The summed E-state index contributed by atoms with van der Waals surface area (Å²) in [5.74, 6) is 0. The maximum absolute atomic E-state index is 10.5. The van der Waals surface area contributed by atoms with Crippen molar-refractivity contribution < 1.29 is 4.79 Å². The Hall–Kier alpha value is -1.02. The van der Waals surface area contributed by atoms with Crippen LogP contribution in [0.1, 0.15) is 5.56 Å². The summed E-state index contributed by atoms with van der Waals surface area (Å²) in [6, 6.07) is 5.57. The van der Waals surface area contributed by atoms with E-state index in [1.54, 1.807) is 0 Å². The van der Waals surface area contributed by atoms with E-state index >= 15 is 0 Å². The Bertz CT molecular complexity index is 324. The summed E-state index contributed by atoms with van der Waals surface area (Å²) in [4.78, 5) is 10.5. The summed E-state index contributed by atoms with van der Waals surface area (Å²) >= 11 is 5.79. The number of aldehydes is 1. The normalized spacial score (nSPS) is 19.9. The van der Waals surface area contributed by atoms with Crippen LogP contribution in [0.3, 0.4) is 0 Å². The Morgan fingerprint density at radius 3 is 3.17 bits per heavy atom. The van der Waals surface area contributed by atoms with Gasteiger partial charge >= 0.3 is 0 Å². The number of carbonyl (C=O) groups is 1. The van der Waals surface area contributed by atoms with Crippen LogP contribution in [0.25, 0.3) is 0 Å². The number of rotatable bonds is 1. The van der Waals surface area contributed by atoms with Gasteiger partial charge in [0.15, 0.2) is 0 Å². The molecule has 1 atom stereocenters. The number of hydrogen-bond donors (Lipinski definition) is 1. The molecule has 0 aliphatic carbocycles. The first-order valence-corrected chi connectivity index (χ1v) is 4.17. The summed E-state index contributed by atoms with van der Waals surface area (Å²) in [6.45, 7) is 0. The minimum atomic E-state index is -0.0709. The van der Waals surface area contributed by atoms with E-state index in [2.05, 4.69) is 5.32 Å². The van der Waals surface area contributed by atoms with E-state index in [1.807, 2.05) is 18.2 Å². The second kappa shape index (κ2) is 2.79. The van der Waals surface area contributed by atoms with Gasteiger partial charge in [-0.15, -0.1) is 0 Å². The fraction of sp³-hybridized carbons (Fsp3) is 0.222. The molecule has 1 aliphatic rings. The molecule has 0 radical (unpaired) electrons. The average Bonchev–Trinajstić information content (AvgIpc) is 2.46. The summed E-state index contributed by atoms with van der Waals surface area (Å²) in [5.41, 5.74) is 2.15. The smallest absolute Gasteiger partial charge is 0.142 e. The maximum atomic E-state index is 10.5. The number of benzene rings is 1. The lowest BCUT2D eigenvalue weighted by Gasteiger charge is -2.00. The first kappa shape index (κ1) is 7.62. The van der Waals surface area contributed by atoms with E-state index in [4.69, 9.17) is 11.6 Å². The zero-order valence-electron chi connectivity index (χ0n) is 6.38. The second-order valence-corrected chi connectivity index (χ2v) is 3.33. The third-order valence-corrected chi connectivity index (χ3v) is 2.25. The summed E-state index contributed by atoms with van der Waals surface area (Å²) in [5, 5.41) is 3.77. The van der Waals surface area contributed by atoms with Gasteiger partial charge in [0.25, 0.3) is 0 Å². The van der Waals surface area contributed by atoms with E-state index in [0.717, 1.165) is 24.0 Å². The molecule has 1 N–H and O–H groups in total. The van der Waals surface area contributed by atoms with Crippen LogP contribution in [0.15, 0.2) is 18.2 Å². The summed E-state index contributed by atoms with van der Waals surface area (Å²) in [6.07, 6.45) is 1.70. The lowest BCUT2D eigenvalue weighted by Crippen LogP contribution is -2.16. The molecule has 2 nitrogen and oxygen atoms in total. The van der Waals surface area contributed by atoms with Crippen molar-refractivity contribution in [3.05, 3.63) is 28.8 Å². The number of fused-ring (bicyclic) bond motifs is 1. The molecule has 12 heavy (non-hydrogen) atoms. The standard InChI is InChI=1S/C9H8ClNO/c10-7-2-1-6-3-8(5-12)11-9(6)4-7/h1-2,4-5,8,11H,3H2. The molecule has 3 heteroatoms. The lowest BCUT2D eigenvalue weighted by atomic mass is 10.1. The van der Waals surface area contributed by atoms with Crippen molar-refractivity contribution in [1.29, 1.82) is 0 Å². The molecule has 0 aromatic heterocycles. The van der Waals surface area contributed by atoms with Gasteiger partial charge < -0.3 is 10.1 Å². The number of halogens is 1. The highest BCUT2D eigenvalue weighted by atomic mass is 35.5. The largest absolute Gasteiger partial charge is 0.375 e. The van der Waals surface area contributed by atoms with Crippen LogP contribution in [0.4, 0.5) is 5.69 Å². The van der Waals surface area contributed by atoms with Crippen molar-refractivity contribution in [3.8, 4) is 0 Å². The van der Waals surface area contributed by atoms with Gasteiger partial charge in [-0.05, 0) is 17.7 Å². The first-order chi connectivity index (χ1) is 5.79.